The van der Waals surface area contributed by atoms with Crippen LogP contribution in [0.5, 0.6) is 5.75 Å². The second-order valence-corrected chi connectivity index (χ2v) is 5.50. The van der Waals surface area contributed by atoms with Crippen molar-refractivity contribution in [2.45, 2.75) is 29.2 Å². The minimum Gasteiger partial charge on any atom is -0.508 e. The van der Waals surface area contributed by atoms with E-state index in [2.05, 4.69) is 12.1 Å². The van der Waals surface area contributed by atoms with Crippen LogP contribution in [0.1, 0.15) is 12.5 Å². The Bertz CT molecular complexity index is 508. The van der Waals surface area contributed by atoms with Gasteiger partial charge in [-0.25, -0.2) is 0 Å². The second-order valence-electron chi connectivity index (χ2n) is 4.39. The fourth-order valence-corrected chi connectivity index (χ4v) is 2.72. The Hall–Kier alpha value is -1.45. The van der Waals surface area contributed by atoms with Crippen molar-refractivity contribution in [2.75, 3.05) is 0 Å². The van der Waals surface area contributed by atoms with Crippen LogP contribution in [0, 0.1) is 0 Å². The van der Waals surface area contributed by atoms with Gasteiger partial charge in [-0.15, -0.1) is 0 Å². The van der Waals surface area contributed by atoms with Crippen molar-refractivity contribution < 1.29 is 5.11 Å². The van der Waals surface area contributed by atoms with E-state index in [4.69, 9.17) is 5.73 Å². The Morgan fingerprint density at radius 3 is 2.44 bits per heavy atom. The molecule has 0 aliphatic carbocycles. The van der Waals surface area contributed by atoms with Crippen molar-refractivity contribution >= 4 is 11.8 Å². The second kappa shape index (κ2) is 5.94. The summed E-state index contributed by atoms with van der Waals surface area (Å²) in [5, 5.41) is 9.27. The summed E-state index contributed by atoms with van der Waals surface area (Å²) < 4.78 is 0. The van der Waals surface area contributed by atoms with Gasteiger partial charge >= 0.3 is 0 Å². The van der Waals surface area contributed by atoms with E-state index in [-0.39, 0.29) is 6.04 Å². The van der Waals surface area contributed by atoms with E-state index in [0.717, 1.165) is 11.3 Å². The number of nitrogens with two attached hydrogens (primary N) is 1. The minimum absolute atomic E-state index is 0.159. The van der Waals surface area contributed by atoms with Crippen LogP contribution in [0.25, 0.3) is 0 Å². The first-order chi connectivity index (χ1) is 8.65. The van der Waals surface area contributed by atoms with E-state index in [1.54, 1.807) is 23.9 Å². The van der Waals surface area contributed by atoms with Crippen LogP contribution >= 0.6 is 11.8 Å². The average Bonchev–Trinajstić information content (AvgIpc) is 2.34. The van der Waals surface area contributed by atoms with Gasteiger partial charge in [0.2, 0.25) is 0 Å². The van der Waals surface area contributed by atoms with Crippen molar-refractivity contribution in [1.82, 2.24) is 0 Å². The highest BCUT2D eigenvalue weighted by Gasteiger charge is 2.06. The lowest BCUT2D eigenvalue weighted by Crippen LogP contribution is -2.18. The average molecular weight is 259 g/mol. The topological polar surface area (TPSA) is 46.2 Å². The molecule has 0 bridgehead atoms. The fourth-order valence-electron chi connectivity index (χ4n) is 1.76. The zero-order chi connectivity index (χ0) is 13.0. The van der Waals surface area contributed by atoms with Crippen LogP contribution < -0.4 is 5.73 Å². The molecule has 0 saturated carbocycles. The molecule has 94 valence electrons. The summed E-state index contributed by atoms with van der Waals surface area (Å²) in [6, 6.07) is 15.7. The minimum atomic E-state index is 0.159. The fraction of sp³-hybridized carbons (Fsp3) is 0.200. The standard InChI is InChI=1S/C15H17NOS/c1-11(16)10-12-4-2-3-5-15(12)18-14-8-6-13(17)7-9-14/h2-9,11,17H,10,16H2,1H3/t11-/m0/s1. The Balaban J connectivity index is 2.20. The van der Waals surface area contributed by atoms with Gasteiger partial charge in [0.1, 0.15) is 5.75 Å². The highest BCUT2D eigenvalue weighted by atomic mass is 32.2. The Morgan fingerprint density at radius 2 is 1.78 bits per heavy atom. The maximum atomic E-state index is 9.27. The molecular formula is C15H17NOS. The maximum Gasteiger partial charge on any atom is 0.115 e. The van der Waals surface area contributed by atoms with Gasteiger partial charge in [0.25, 0.3) is 0 Å². The highest BCUT2D eigenvalue weighted by Crippen LogP contribution is 2.31. The van der Waals surface area contributed by atoms with Crippen LogP contribution in [0.15, 0.2) is 58.3 Å². The first kappa shape index (κ1) is 13.0. The number of hydrogen-bond donors (Lipinski definition) is 2. The first-order valence-corrected chi connectivity index (χ1v) is 6.77. The molecule has 2 rings (SSSR count). The molecule has 0 aliphatic heterocycles. The summed E-state index contributed by atoms with van der Waals surface area (Å²) >= 11 is 1.70. The molecule has 2 aromatic carbocycles. The summed E-state index contributed by atoms with van der Waals surface area (Å²) in [5.74, 6) is 0.295. The van der Waals surface area contributed by atoms with Crippen molar-refractivity contribution in [3.63, 3.8) is 0 Å². The molecule has 0 saturated heterocycles. The van der Waals surface area contributed by atoms with Crippen LogP contribution in [0.4, 0.5) is 0 Å². The summed E-state index contributed by atoms with van der Waals surface area (Å²) in [5.41, 5.74) is 7.13. The predicted octanol–water partition coefficient (Wildman–Crippen LogP) is 3.43. The Morgan fingerprint density at radius 1 is 1.11 bits per heavy atom. The van der Waals surface area contributed by atoms with E-state index in [9.17, 15) is 5.11 Å². The Kier molecular flexibility index (Phi) is 4.28. The molecule has 3 N–H and O–H groups in total. The SMILES string of the molecule is C[C@H](N)Cc1ccccc1Sc1ccc(O)cc1. The summed E-state index contributed by atoms with van der Waals surface area (Å²) in [7, 11) is 0. The van der Waals surface area contributed by atoms with Gasteiger partial charge in [0.15, 0.2) is 0 Å². The molecular weight excluding hydrogens is 242 g/mol. The number of benzene rings is 2. The third-order valence-electron chi connectivity index (χ3n) is 2.58. The van der Waals surface area contributed by atoms with E-state index in [1.807, 2.05) is 31.2 Å². The first-order valence-electron chi connectivity index (χ1n) is 5.95. The normalized spacial score (nSPS) is 12.3. The summed E-state index contributed by atoms with van der Waals surface area (Å²) in [6.45, 7) is 2.02. The van der Waals surface area contributed by atoms with Crippen LogP contribution in [-0.4, -0.2) is 11.1 Å². The molecule has 2 nitrogen and oxygen atoms in total. The zero-order valence-electron chi connectivity index (χ0n) is 10.3. The Labute approximate surface area is 112 Å². The molecule has 0 aromatic heterocycles. The number of rotatable bonds is 4. The lowest BCUT2D eigenvalue weighted by atomic mass is 10.1. The van der Waals surface area contributed by atoms with Crippen molar-refractivity contribution in [1.29, 1.82) is 0 Å². The molecule has 0 fully saturated rings. The molecule has 0 spiro atoms. The van der Waals surface area contributed by atoms with Crippen molar-refractivity contribution in [3.8, 4) is 5.75 Å². The van der Waals surface area contributed by atoms with Crippen molar-refractivity contribution in [3.05, 3.63) is 54.1 Å². The highest BCUT2D eigenvalue weighted by molar-refractivity contribution is 7.99. The molecule has 0 radical (unpaired) electrons. The maximum absolute atomic E-state index is 9.27. The number of hydrogen-bond acceptors (Lipinski definition) is 3. The predicted molar refractivity (Wildman–Crippen MR) is 76.0 cm³/mol. The molecule has 0 amide bonds. The monoisotopic (exact) mass is 259 g/mol. The van der Waals surface area contributed by atoms with E-state index in [1.165, 1.54) is 10.5 Å². The smallest absolute Gasteiger partial charge is 0.115 e. The van der Waals surface area contributed by atoms with Gasteiger partial charge in [-0.2, -0.15) is 0 Å². The lowest BCUT2D eigenvalue weighted by Gasteiger charge is -2.11. The van der Waals surface area contributed by atoms with Crippen LogP contribution in [0.2, 0.25) is 0 Å². The van der Waals surface area contributed by atoms with E-state index < -0.39 is 0 Å². The summed E-state index contributed by atoms with van der Waals surface area (Å²) in [4.78, 5) is 2.34. The quantitative estimate of drug-likeness (QED) is 0.884. The summed E-state index contributed by atoms with van der Waals surface area (Å²) in [6.07, 6.45) is 0.876. The zero-order valence-corrected chi connectivity index (χ0v) is 11.2. The van der Waals surface area contributed by atoms with E-state index >= 15 is 0 Å². The van der Waals surface area contributed by atoms with Gasteiger partial charge in [-0.3, -0.25) is 0 Å². The molecule has 2 aromatic rings. The third kappa shape index (κ3) is 3.52. The van der Waals surface area contributed by atoms with Crippen molar-refractivity contribution in [2.24, 2.45) is 5.73 Å². The van der Waals surface area contributed by atoms with Gasteiger partial charge in [-0.05, 0) is 49.2 Å². The molecule has 0 aliphatic rings. The van der Waals surface area contributed by atoms with E-state index in [0.29, 0.717) is 5.75 Å². The molecule has 3 heteroatoms. The third-order valence-corrected chi connectivity index (χ3v) is 3.71. The van der Waals surface area contributed by atoms with Crippen LogP contribution in [0.3, 0.4) is 0 Å². The van der Waals surface area contributed by atoms with Gasteiger partial charge in [0.05, 0.1) is 0 Å². The molecule has 0 heterocycles. The number of phenolic OH excluding ortho intramolecular Hbond substituents is 1. The van der Waals surface area contributed by atoms with Gasteiger partial charge in [-0.1, -0.05) is 30.0 Å². The number of aromatic hydroxyl groups is 1. The lowest BCUT2D eigenvalue weighted by molar-refractivity contribution is 0.475. The van der Waals surface area contributed by atoms with Gasteiger partial charge < -0.3 is 10.8 Å². The molecule has 0 unspecified atom stereocenters. The van der Waals surface area contributed by atoms with Gasteiger partial charge in [0, 0.05) is 15.8 Å². The van der Waals surface area contributed by atoms with Crippen LogP contribution in [-0.2, 0) is 6.42 Å². The largest absolute Gasteiger partial charge is 0.508 e. The number of phenols is 1. The molecule has 18 heavy (non-hydrogen) atoms. The molecule has 1 atom stereocenters.